The summed E-state index contributed by atoms with van der Waals surface area (Å²) in [5.41, 5.74) is 5.61. The lowest BCUT2D eigenvalue weighted by atomic mass is 10.2. The predicted octanol–water partition coefficient (Wildman–Crippen LogP) is 0.672. The van der Waals surface area contributed by atoms with E-state index in [-0.39, 0.29) is 12.0 Å². The number of hydrogen-bond acceptors (Lipinski definition) is 3. The summed E-state index contributed by atoms with van der Waals surface area (Å²) in [5, 5.41) is 7.61. The Morgan fingerprint density at radius 2 is 2.33 bits per heavy atom. The lowest BCUT2D eigenvalue weighted by Crippen LogP contribution is -2.51. The number of likely N-dealkylation sites (N-methyl/N-ethyl adjacent to an activating group) is 1. The first-order chi connectivity index (χ1) is 7.11. The Labute approximate surface area is 91.5 Å². The zero-order valence-corrected chi connectivity index (χ0v) is 9.82. The maximum atomic E-state index is 7.61. The van der Waals surface area contributed by atoms with Crippen LogP contribution in [-0.4, -0.2) is 47.4 Å². The molecule has 0 aromatic heterocycles. The van der Waals surface area contributed by atoms with Crippen molar-refractivity contribution in [2.24, 2.45) is 10.7 Å². The van der Waals surface area contributed by atoms with Gasteiger partial charge in [-0.2, -0.15) is 0 Å². The molecule has 0 spiro atoms. The number of hydrogen-bond donors (Lipinski definition) is 2. The van der Waals surface area contributed by atoms with Crippen molar-refractivity contribution < 1.29 is 0 Å². The highest BCUT2D eigenvalue weighted by molar-refractivity contribution is 5.97. The second-order valence-corrected chi connectivity index (χ2v) is 3.77. The van der Waals surface area contributed by atoms with Gasteiger partial charge in [-0.1, -0.05) is 6.92 Å². The number of nitrogens with zero attached hydrogens (tertiary/aromatic N) is 3. The zero-order chi connectivity index (χ0) is 11.4. The van der Waals surface area contributed by atoms with Gasteiger partial charge < -0.3 is 10.6 Å². The van der Waals surface area contributed by atoms with Crippen molar-refractivity contribution >= 4 is 11.9 Å². The monoisotopic (exact) mass is 211 g/mol. The Bertz CT molecular complexity index is 261. The van der Waals surface area contributed by atoms with E-state index in [2.05, 4.69) is 30.7 Å². The fourth-order valence-corrected chi connectivity index (χ4v) is 1.72. The molecule has 1 heterocycles. The van der Waals surface area contributed by atoms with E-state index in [0.29, 0.717) is 0 Å². The van der Waals surface area contributed by atoms with Gasteiger partial charge in [0.2, 0.25) is 5.96 Å². The summed E-state index contributed by atoms with van der Waals surface area (Å²) < 4.78 is 0. The van der Waals surface area contributed by atoms with E-state index in [9.17, 15) is 0 Å². The van der Waals surface area contributed by atoms with Crippen molar-refractivity contribution in [3.8, 4) is 0 Å². The van der Waals surface area contributed by atoms with Crippen LogP contribution in [0.4, 0.5) is 0 Å². The quantitative estimate of drug-likeness (QED) is 0.532. The highest BCUT2D eigenvalue weighted by Crippen LogP contribution is 2.11. The maximum absolute atomic E-state index is 7.61. The Morgan fingerprint density at radius 3 is 2.80 bits per heavy atom. The molecule has 1 atom stereocenters. The summed E-state index contributed by atoms with van der Waals surface area (Å²) in [6.07, 6.45) is 0.955. The molecule has 1 rings (SSSR count). The molecule has 0 amide bonds. The van der Waals surface area contributed by atoms with Gasteiger partial charge in [0.1, 0.15) is 0 Å². The van der Waals surface area contributed by atoms with Gasteiger partial charge >= 0.3 is 0 Å². The third-order valence-electron chi connectivity index (χ3n) is 2.79. The standard InChI is InChI=1S/C10H21N5/c1-4-8(3)15(9(11)12)10-13-6-7-14(10)5-2/h8H,4-7H2,1-3H3,(H3,11,12). The van der Waals surface area contributed by atoms with E-state index in [1.54, 1.807) is 0 Å². The van der Waals surface area contributed by atoms with Gasteiger partial charge in [-0.15, -0.1) is 0 Å². The Morgan fingerprint density at radius 1 is 1.67 bits per heavy atom. The van der Waals surface area contributed by atoms with Crippen molar-refractivity contribution in [2.75, 3.05) is 19.6 Å². The zero-order valence-electron chi connectivity index (χ0n) is 9.82. The average Bonchev–Trinajstić information content (AvgIpc) is 2.65. The van der Waals surface area contributed by atoms with Gasteiger partial charge in [0.25, 0.3) is 0 Å². The number of nitrogens with one attached hydrogen (secondary N) is 1. The van der Waals surface area contributed by atoms with Crippen LogP contribution in [0.5, 0.6) is 0 Å². The Kier molecular flexibility index (Phi) is 3.94. The van der Waals surface area contributed by atoms with Crippen LogP contribution in [0.1, 0.15) is 27.2 Å². The number of nitrogens with two attached hydrogens (primary N) is 1. The predicted molar refractivity (Wildman–Crippen MR) is 63.1 cm³/mol. The van der Waals surface area contributed by atoms with Gasteiger partial charge in [-0.25, -0.2) is 0 Å². The fraction of sp³-hybridized carbons (Fsp3) is 0.800. The van der Waals surface area contributed by atoms with Crippen molar-refractivity contribution in [1.29, 1.82) is 5.41 Å². The molecule has 15 heavy (non-hydrogen) atoms. The van der Waals surface area contributed by atoms with E-state index < -0.39 is 0 Å². The van der Waals surface area contributed by atoms with Crippen LogP contribution < -0.4 is 5.73 Å². The summed E-state index contributed by atoms with van der Waals surface area (Å²) in [4.78, 5) is 8.40. The lowest BCUT2D eigenvalue weighted by molar-refractivity contribution is 0.370. The average molecular weight is 211 g/mol. The minimum Gasteiger partial charge on any atom is -0.370 e. The van der Waals surface area contributed by atoms with Crippen LogP contribution >= 0.6 is 0 Å². The first kappa shape index (κ1) is 11.8. The molecule has 0 aliphatic carbocycles. The second-order valence-electron chi connectivity index (χ2n) is 3.77. The summed E-state index contributed by atoms with van der Waals surface area (Å²) in [6, 6.07) is 0.230. The molecule has 1 unspecified atom stereocenters. The molecule has 0 saturated heterocycles. The largest absolute Gasteiger partial charge is 0.370 e. The van der Waals surface area contributed by atoms with Gasteiger partial charge in [0.05, 0.1) is 6.54 Å². The Hall–Kier alpha value is -1.26. The molecule has 0 aromatic rings. The second kappa shape index (κ2) is 5.00. The third kappa shape index (κ3) is 2.40. The van der Waals surface area contributed by atoms with E-state index in [4.69, 9.17) is 11.1 Å². The van der Waals surface area contributed by atoms with Crippen LogP contribution in [-0.2, 0) is 0 Å². The van der Waals surface area contributed by atoms with E-state index in [1.807, 2.05) is 4.90 Å². The third-order valence-corrected chi connectivity index (χ3v) is 2.79. The van der Waals surface area contributed by atoms with E-state index in [0.717, 1.165) is 32.0 Å². The topological polar surface area (TPSA) is 68.7 Å². The molecular formula is C10H21N5. The molecular weight excluding hydrogens is 190 g/mol. The molecule has 0 bridgehead atoms. The summed E-state index contributed by atoms with van der Waals surface area (Å²) in [5.74, 6) is 0.947. The van der Waals surface area contributed by atoms with Gasteiger partial charge in [0, 0.05) is 19.1 Å². The smallest absolute Gasteiger partial charge is 0.203 e. The van der Waals surface area contributed by atoms with Gasteiger partial charge in [-0.3, -0.25) is 15.3 Å². The van der Waals surface area contributed by atoms with Gasteiger partial charge in [-0.05, 0) is 20.3 Å². The SMILES string of the molecule is CCC(C)N(C(=N)N)C1=NCCN1CC. The van der Waals surface area contributed by atoms with Crippen molar-refractivity contribution in [3.63, 3.8) is 0 Å². The van der Waals surface area contributed by atoms with Crippen LogP contribution in [0.15, 0.2) is 4.99 Å². The molecule has 0 saturated carbocycles. The molecule has 86 valence electrons. The maximum Gasteiger partial charge on any atom is 0.203 e. The van der Waals surface area contributed by atoms with Crippen molar-refractivity contribution in [3.05, 3.63) is 0 Å². The number of aliphatic imine (C=N–C) groups is 1. The van der Waals surface area contributed by atoms with Crippen LogP contribution in [0.3, 0.4) is 0 Å². The molecule has 5 heteroatoms. The van der Waals surface area contributed by atoms with Crippen molar-refractivity contribution in [2.45, 2.75) is 33.2 Å². The summed E-state index contributed by atoms with van der Waals surface area (Å²) in [6.45, 7) is 8.91. The highest BCUT2D eigenvalue weighted by atomic mass is 15.4. The Balaban J connectivity index is 2.84. The van der Waals surface area contributed by atoms with Crippen LogP contribution in [0, 0.1) is 5.41 Å². The molecule has 0 fully saturated rings. The first-order valence-corrected chi connectivity index (χ1v) is 5.54. The molecule has 1 aliphatic heterocycles. The molecule has 1 aliphatic rings. The minimum absolute atomic E-state index is 0.0865. The minimum atomic E-state index is 0.0865. The van der Waals surface area contributed by atoms with Gasteiger partial charge in [0.15, 0.2) is 5.96 Å². The lowest BCUT2D eigenvalue weighted by Gasteiger charge is -2.32. The summed E-state index contributed by atoms with van der Waals surface area (Å²) in [7, 11) is 0. The summed E-state index contributed by atoms with van der Waals surface area (Å²) >= 11 is 0. The highest BCUT2D eigenvalue weighted by Gasteiger charge is 2.26. The first-order valence-electron chi connectivity index (χ1n) is 5.54. The fourth-order valence-electron chi connectivity index (χ4n) is 1.72. The number of rotatable bonds is 3. The van der Waals surface area contributed by atoms with Crippen LogP contribution in [0.25, 0.3) is 0 Å². The molecule has 3 N–H and O–H groups in total. The molecule has 0 aromatic carbocycles. The van der Waals surface area contributed by atoms with Crippen LogP contribution in [0.2, 0.25) is 0 Å². The van der Waals surface area contributed by atoms with E-state index in [1.165, 1.54) is 0 Å². The van der Waals surface area contributed by atoms with Crippen molar-refractivity contribution in [1.82, 2.24) is 9.80 Å². The molecule has 5 nitrogen and oxygen atoms in total. The number of guanidine groups is 2. The molecule has 0 radical (unpaired) electrons. The van der Waals surface area contributed by atoms with E-state index >= 15 is 0 Å². The normalized spacial score (nSPS) is 17.5.